The van der Waals surface area contributed by atoms with E-state index in [0.717, 1.165) is 18.7 Å². The summed E-state index contributed by atoms with van der Waals surface area (Å²) in [4.78, 5) is 2.26. The van der Waals surface area contributed by atoms with Gasteiger partial charge in [0.25, 0.3) is 0 Å². The van der Waals surface area contributed by atoms with Crippen molar-refractivity contribution in [1.29, 1.82) is 5.41 Å². The summed E-state index contributed by atoms with van der Waals surface area (Å²) >= 11 is 8.55. The zero-order valence-electron chi connectivity index (χ0n) is 9.28. The van der Waals surface area contributed by atoms with Gasteiger partial charge in [-0.05, 0) is 52.3 Å². The highest BCUT2D eigenvalue weighted by Gasteiger charge is 2.05. The van der Waals surface area contributed by atoms with Gasteiger partial charge in [0.2, 0.25) is 0 Å². The number of benzene rings is 2. The molecule has 5 heteroatoms. The van der Waals surface area contributed by atoms with Crippen LogP contribution < -0.4 is 5.73 Å². The molecular weight excluding hydrogens is 376 g/mol. The standard InChI is InChI=1S/C13H10Br2N2S/c14-8-2-1-3-9(6-8)18-10-4-5-11(13(16)17)12(15)7-10/h1-7H,(H3,16,17). The van der Waals surface area contributed by atoms with Gasteiger partial charge >= 0.3 is 0 Å². The lowest BCUT2D eigenvalue weighted by molar-refractivity contribution is 1.35. The number of halogens is 2. The fourth-order valence-electron chi connectivity index (χ4n) is 1.44. The third kappa shape index (κ3) is 3.37. The van der Waals surface area contributed by atoms with Crippen molar-refractivity contribution >= 4 is 49.5 Å². The second kappa shape index (κ2) is 5.91. The second-order valence-electron chi connectivity index (χ2n) is 3.61. The Balaban J connectivity index is 2.25. The molecule has 0 bridgehead atoms. The smallest absolute Gasteiger partial charge is 0.123 e. The van der Waals surface area contributed by atoms with Gasteiger partial charge in [0, 0.05) is 24.3 Å². The van der Waals surface area contributed by atoms with Gasteiger partial charge in [0.15, 0.2) is 0 Å². The van der Waals surface area contributed by atoms with Gasteiger partial charge in [-0.2, -0.15) is 0 Å². The molecule has 0 aromatic heterocycles. The van der Waals surface area contributed by atoms with Crippen molar-refractivity contribution in [3.05, 3.63) is 57.0 Å². The zero-order valence-corrected chi connectivity index (χ0v) is 13.3. The molecule has 0 atom stereocenters. The summed E-state index contributed by atoms with van der Waals surface area (Å²) < 4.78 is 1.90. The maximum absolute atomic E-state index is 7.43. The molecule has 0 aliphatic heterocycles. The Bertz CT molecular complexity index is 599. The van der Waals surface area contributed by atoms with Gasteiger partial charge in [0.1, 0.15) is 5.84 Å². The number of nitrogens with two attached hydrogens (primary N) is 1. The SMILES string of the molecule is N=C(N)c1ccc(Sc2cccc(Br)c2)cc1Br. The van der Waals surface area contributed by atoms with Gasteiger partial charge in [-0.15, -0.1) is 0 Å². The van der Waals surface area contributed by atoms with E-state index in [1.807, 2.05) is 30.3 Å². The Morgan fingerprint density at radius 2 is 1.78 bits per heavy atom. The van der Waals surface area contributed by atoms with Crippen molar-refractivity contribution in [2.24, 2.45) is 5.73 Å². The van der Waals surface area contributed by atoms with Crippen molar-refractivity contribution in [3.8, 4) is 0 Å². The molecule has 0 aliphatic rings. The summed E-state index contributed by atoms with van der Waals surface area (Å²) in [7, 11) is 0. The molecule has 0 aliphatic carbocycles. The average Bonchev–Trinajstić information content (AvgIpc) is 2.28. The molecule has 2 aromatic rings. The van der Waals surface area contributed by atoms with Gasteiger partial charge in [-0.25, -0.2) is 0 Å². The maximum atomic E-state index is 7.43. The van der Waals surface area contributed by atoms with Crippen LogP contribution in [0.2, 0.25) is 0 Å². The highest BCUT2D eigenvalue weighted by molar-refractivity contribution is 9.10. The monoisotopic (exact) mass is 384 g/mol. The molecule has 2 nitrogen and oxygen atoms in total. The van der Waals surface area contributed by atoms with Crippen LogP contribution >= 0.6 is 43.6 Å². The molecule has 0 radical (unpaired) electrons. The first kappa shape index (κ1) is 13.6. The van der Waals surface area contributed by atoms with Crippen LogP contribution in [0.1, 0.15) is 5.56 Å². The lowest BCUT2D eigenvalue weighted by Gasteiger charge is -2.06. The Morgan fingerprint density at radius 3 is 2.39 bits per heavy atom. The van der Waals surface area contributed by atoms with Crippen LogP contribution in [0.25, 0.3) is 0 Å². The zero-order chi connectivity index (χ0) is 13.1. The summed E-state index contributed by atoms with van der Waals surface area (Å²) in [6.45, 7) is 0. The summed E-state index contributed by atoms with van der Waals surface area (Å²) in [6.07, 6.45) is 0. The number of nitrogens with one attached hydrogen (secondary N) is 1. The van der Waals surface area contributed by atoms with E-state index in [0.29, 0.717) is 5.56 Å². The molecule has 0 saturated heterocycles. The van der Waals surface area contributed by atoms with Gasteiger partial charge in [0.05, 0.1) is 0 Å². The fraction of sp³-hybridized carbons (Fsp3) is 0. The van der Waals surface area contributed by atoms with E-state index in [1.165, 1.54) is 0 Å². The highest BCUT2D eigenvalue weighted by atomic mass is 79.9. The van der Waals surface area contributed by atoms with E-state index < -0.39 is 0 Å². The van der Waals surface area contributed by atoms with E-state index in [1.54, 1.807) is 11.8 Å². The predicted molar refractivity (Wildman–Crippen MR) is 83.4 cm³/mol. The van der Waals surface area contributed by atoms with Gasteiger partial charge < -0.3 is 5.73 Å². The molecule has 0 heterocycles. The van der Waals surface area contributed by atoms with E-state index in [2.05, 4.69) is 44.0 Å². The Labute approximate surface area is 127 Å². The van der Waals surface area contributed by atoms with Crippen molar-refractivity contribution in [2.45, 2.75) is 9.79 Å². The quantitative estimate of drug-likeness (QED) is 0.596. The minimum Gasteiger partial charge on any atom is -0.384 e. The number of rotatable bonds is 3. The van der Waals surface area contributed by atoms with Crippen molar-refractivity contribution in [2.75, 3.05) is 0 Å². The Kier molecular flexibility index (Phi) is 4.48. The Morgan fingerprint density at radius 1 is 1.06 bits per heavy atom. The molecule has 0 unspecified atom stereocenters. The minimum atomic E-state index is 0.0703. The predicted octanol–water partition coefficient (Wildman–Crippen LogP) is 4.65. The summed E-state index contributed by atoms with van der Waals surface area (Å²) in [5.74, 6) is 0.0703. The van der Waals surface area contributed by atoms with Crippen molar-refractivity contribution in [3.63, 3.8) is 0 Å². The van der Waals surface area contributed by atoms with Gasteiger partial charge in [-0.3, -0.25) is 5.41 Å². The third-order valence-electron chi connectivity index (χ3n) is 2.26. The number of hydrogen-bond acceptors (Lipinski definition) is 2. The average molecular weight is 386 g/mol. The van der Waals surface area contributed by atoms with Crippen LogP contribution in [0.5, 0.6) is 0 Å². The van der Waals surface area contributed by atoms with E-state index in [4.69, 9.17) is 11.1 Å². The molecule has 3 N–H and O–H groups in total. The molecule has 0 saturated carbocycles. The fourth-order valence-corrected chi connectivity index (χ4v) is 3.66. The first-order valence-electron chi connectivity index (χ1n) is 5.13. The van der Waals surface area contributed by atoms with Crippen LogP contribution in [-0.4, -0.2) is 5.84 Å². The normalized spacial score (nSPS) is 10.3. The molecule has 0 fully saturated rings. The largest absolute Gasteiger partial charge is 0.384 e. The van der Waals surface area contributed by atoms with Crippen LogP contribution in [-0.2, 0) is 0 Å². The number of nitrogen functional groups attached to an aromatic ring is 1. The van der Waals surface area contributed by atoms with Gasteiger partial charge in [-0.1, -0.05) is 33.8 Å². The maximum Gasteiger partial charge on any atom is 0.123 e. The van der Waals surface area contributed by atoms with Crippen LogP contribution in [0.3, 0.4) is 0 Å². The summed E-state index contributed by atoms with van der Waals surface area (Å²) in [6, 6.07) is 13.9. The van der Waals surface area contributed by atoms with E-state index in [-0.39, 0.29) is 5.84 Å². The summed E-state index contributed by atoms with van der Waals surface area (Å²) in [5, 5.41) is 7.43. The Hall–Kier alpha value is -0.780. The lowest BCUT2D eigenvalue weighted by atomic mass is 10.2. The molecule has 92 valence electrons. The number of hydrogen-bond donors (Lipinski definition) is 2. The first-order chi connectivity index (χ1) is 8.56. The highest BCUT2D eigenvalue weighted by Crippen LogP contribution is 2.32. The topological polar surface area (TPSA) is 49.9 Å². The lowest BCUT2D eigenvalue weighted by Crippen LogP contribution is -2.11. The number of amidine groups is 1. The molecule has 2 aromatic carbocycles. The van der Waals surface area contributed by atoms with E-state index >= 15 is 0 Å². The molecule has 0 spiro atoms. The molecule has 2 rings (SSSR count). The summed E-state index contributed by atoms with van der Waals surface area (Å²) in [5.41, 5.74) is 6.19. The van der Waals surface area contributed by atoms with E-state index in [9.17, 15) is 0 Å². The molecule has 18 heavy (non-hydrogen) atoms. The molecular formula is C13H10Br2N2S. The first-order valence-corrected chi connectivity index (χ1v) is 7.54. The molecule has 0 amide bonds. The minimum absolute atomic E-state index is 0.0703. The van der Waals surface area contributed by atoms with Crippen LogP contribution in [0.15, 0.2) is 61.2 Å². The van der Waals surface area contributed by atoms with Crippen LogP contribution in [0.4, 0.5) is 0 Å². The third-order valence-corrected chi connectivity index (χ3v) is 4.39. The second-order valence-corrected chi connectivity index (χ2v) is 6.53. The van der Waals surface area contributed by atoms with Crippen LogP contribution in [0, 0.1) is 5.41 Å². The van der Waals surface area contributed by atoms with Crippen molar-refractivity contribution in [1.82, 2.24) is 0 Å². The van der Waals surface area contributed by atoms with Crippen molar-refractivity contribution < 1.29 is 0 Å².